The lowest BCUT2D eigenvalue weighted by Crippen LogP contribution is -2.46. The Labute approximate surface area is 113 Å². The van der Waals surface area contributed by atoms with Gasteiger partial charge in [-0.3, -0.25) is 0 Å². The Balaban J connectivity index is 1.93. The fraction of sp³-hybridized carbons (Fsp3) is 0.600. The van der Waals surface area contributed by atoms with Crippen LogP contribution in [0.2, 0.25) is 0 Å². The Bertz CT molecular complexity index is 435. The summed E-state index contributed by atoms with van der Waals surface area (Å²) in [6.07, 6.45) is 3.74. The van der Waals surface area contributed by atoms with Crippen molar-refractivity contribution in [2.45, 2.75) is 43.5 Å². The summed E-state index contributed by atoms with van der Waals surface area (Å²) in [4.78, 5) is 0. The third-order valence-electron chi connectivity index (χ3n) is 4.18. The first-order chi connectivity index (χ1) is 8.81. The van der Waals surface area contributed by atoms with Crippen molar-refractivity contribution < 1.29 is 4.74 Å². The first-order valence-corrected chi connectivity index (χ1v) is 7.91. The molecule has 0 amide bonds. The Morgan fingerprint density at radius 1 is 1.44 bits per heavy atom. The number of benzene rings is 1. The van der Waals surface area contributed by atoms with Gasteiger partial charge in [0, 0.05) is 23.1 Å². The minimum atomic E-state index is 0.521. The van der Waals surface area contributed by atoms with Gasteiger partial charge in [0.1, 0.15) is 5.75 Å². The topological polar surface area (TPSA) is 21.3 Å². The molecule has 2 nitrogen and oxygen atoms in total. The summed E-state index contributed by atoms with van der Waals surface area (Å²) in [7, 11) is 1.75. The van der Waals surface area contributed by atoms with E-state index in [2.05, 4.69) is 42.2 Å². The number of nitrogens with one attached hydrogen (secondary N) is 1. The zero-order valence-corrected chi connectivity index (χ0v) is 11.9. The van der Waals surface area contributed by atoms with Crippen LogP contribution in [0, 0.1) is 0 Å². The monoisotopic (exact) mass is 263 g/mol. The minimum Gasteiger partial charge on any atom is -0.497 e. The fourth-order valence-corrected chi connectivity index (χ4v) is 4.55. The first kappa shape index (κ1) is 12.4. The predicted octanol–water partition coefficient (Wildman–Crippen LogP) is 3.17. The van der Waals surface area contributed by atoms with Crippen molar-refractivity contribution in [1.29, 1.82) is 0 Å². The highest BCUT2D eigenvalue weighted by Crippen LogP contribution is 2.41. The van der Waals surface area contributed by atoms with Crippen molar-refractivity contribution in [2.75, 3.05) is 12.9 Å². The summed E-state index contributed by atoms with van der Waals surface area (Å²) in [6.45, 7) is 2.27. The molecule has 18 heavy (non-hydrogen) atoms. The van der Waals surface area contributed by atoms with E-state index in [4.69, 9.17) is 4.74 Å². The van der Waals surface area contributed by atoms with Gasteiger partial charge in [-0.25, -0.2) is 0 Å². The van der Waals surface area contributed by atoms with Gasteiger partial charge in [-0.2, -0.15) is 11.8 Å². The molecule has 1 fully saturated rings. The van der Waals surface area contributed by atoms with E-state index in [0.29, 0.717) is 12.1 Å². The smallest absolute Gasteiger partial charge is 0.119 e. The number of rotatable bonds is 2. The third-order valence-corrected chi connectivity index (χ3v) is 5.71. The first-order valence-electron chi connectivity index (χ1n) is 6.86. The molecule has 2 aliphatic rings. The molecule has 1 aliphatic carbocycles. The molecule has 0 radical (unpaired) electrons. The Hall–Kier alpha value is -0.670. The lowest BCUT2D eigenvalue weighted by Gasteiger charge is -2.41. The van der Waals surface area contributed by atoms with Gasteiger partial charge in [0.05, 0.1) is 7.11 Å². The number of thioether (sulfide) groups is 1. The molecule has 0 spiro atoms. The molecule has 3 unspecified atom stereocenters. The van der Waals surface area contributed by atoms with Crippen molar-refractivity contribution in [3.8, 4) is 5.75 Å². The quantitative estimate of drug-likeness (QED) is 0.885. The largest absolute Gasteiger partial charge is 0.497 e. The molecule has 98 valence electrons. The second kappa shape index (κ2) is 5.14. The maximum Gasteiger partial charge on any atom is 0.119 e. The van der Waals surface area contributed by atoms with Gasteiger partial charge >= 0.3 is 0 Å². The summed E-state index contributed by atoms with van der Waals surface area (Å²) >= 11 is 2.15. The second-order valence-corrected chi connectivity index (χ2v) is 6.50. The number of ether oxygens (including phenoxy) is 1. The zero-order chi connectivity index (χ0) is 12.5. The van der Waals surface area contributed by atoms with Crippen LogP contribution in [-0.2, 0) is 6.42 Å². The van der Waals surface area contributed by atoms with Gasteiger partial charge in [0.2, 0.25) is 0 Å². The highest BCUT2D eigenvalue weighted by atomic mass is 32.2. The summed E-state index contributed by atoms with van der Waals surface area (Å²) in [5, 5.41) is 4.58. The van der Waals surface area contributed by atoms with Crippen LogP contribution >= 0.6 is 11.8 Å². The minimum absolute atomic E-state index is 0.521. The maximum absolute atomic E-state index is 5.38. The molecule has 1 N–H and O–H groups in total. The SMILES string of the molecule is CCC1CSC2CCc3ccc(OC)cc3C2N1. The predicted molar refractivity (Wildman–Crippen MR) is 77.5 cm³/mol. The number of aryl methyl sites for hydroxylation is 1. The molecular formula is C15H21NOS. The van der Waals surface area contributed by atoms with E-state index in [9.17, 15) is 0 Å². The van der Waals surface area contributed by atoms with Crippen LogP contribution in [0.4, 0.5) is 0 Å². The van der Waals surface area contributed by atoms with E-state index >= 15 is 0 Å². The summed E-state index contributed by atoms with van der Waals surface area (Å²) in [5.74, 6) is 2.25. The van der Waals surface area contributed by atoms with Gasteiger partial charge in [-0.05, 0) is 42.5 Å². The van der Waals surface area contributed by atoms with Gasteiger partial charge in [-0.1, -0.05) is 13.0 Å². The Morgan fingerprint density at radius 2 is 2.33 bits per heavy atom. The van der Waals surface area contributed by atoms with Gasteiger partial charge in [-0.15, -0.1) is 0 Å². The number of fused-ring (bicyclic) bond motifs is 3. The molecule has 3 atom stereocenters. The van der Waals surface area contributed by atoms with E-state index in [0.717, 1.165) is 11.0 Å². The Morgan fingerprint density at radius 3 is 3.11 bits per heavy atom. The highest BCUT2D eigenvalue weighted by molar-refractivity contribution is 8.00. The average Bonchev–Trinajstić information content (AvgIpc) is 2.45. The average molecular weight is 263 g/mol. The molecule has 1 aromatic carbocycles. The van der Waals surface area contributed by atoms with E-state index in [1.165, 1.54) is 36.1 Å². The van der Waals surface area contributed by atoms with Crippen molar-refractivity contribution in [2.24, 2.45) is 0 Å². The molecule has 3 rings (SSSR count). The fourth-order valence-electron chi connectivity index (χ4n) is 3.04. The van der Waals surface area contributed by atoms with Gasteiger partial charge in [0.25, 0.3) is 0 Å². The third kappa shape index (κ3) is 2.14. The van der Waals surface area contributed by atoms with E-state index in [1.807, 2.05) is 0 Å². The van der Waals surface area contributed by atoms with Crippen LogP contribution in [0.25, 0.3) is 0 Å². The maximum atomic E-state index is 5.38. The van der Waals surface area contributed by atoms with Crippen LogP contribution < -0.4 is 10.1 Å². The molecule has 1 aromatic rings. The summed E-state index contributed by atoms with van der Waals surface area (Å²) in [6, 6.07) is 7.75. The van der Waals surface area contributed by atoms with Crippen LogP contribution in [-0.4, -0.2) is 24.2 Å². The normalized spacial score (nSPS) is 30.4. The van der Waals surface area contributed by atoms with E-state index in [-0.39, 0.29) is 0 Å². The van der Waals surface area contributed by atoms with Gasteiger partial charge in [0.15, 0.2) is 0 Å². The number of hydrogen-bond donors (Lipinski definition) is 1. The van der Waals surface area contributed by atoms with Crippen LogP contribution in [0.5, 0.6) is 5.75 Å². The van der Waals surface area contributed by atoms with Gasteiger partial charge < -0.3 is 10.1 Å². The van der Waals surface area contributed by atoms with E-state index < -0.39 is 0 Å². The zero-order valence-electron chi connectivity index (χ0n) is 11.1. The standard InChI is InChI=1S/C15H21NOS/c1-3-11-9-18-14-7-5-10-4-6-12(17-2)8-13(10)15(14)16-11/h4,6,8,11,14-16H,3,5,7,9H2,1-2H3. The Kier molecular flexibility index (Phi) is 3.53. The lowest BCUT2D eigenvalue weighted by atomic mass is 9.86. The number of hydrogen-bond acceptors (Lipinski definition) is 3. The molecule has 0 aromatic heterocycles. The number of methoxy groups -OCH3 is 1. The highest BCUT2D eigenvalue weighted by Gasteiger charge is 2.35. The lowest BCUT2D eigenvalue weighted by molar-refractivity contribution is 0.389. The second-order valence-electron chi connectivity index (χ2n) is 5.22. The summed E-state index contributed by atoms with van der Waals surface area (Å²) in [5.41, 5.74) is 2.97. The van der Waals surface area contributed by atoms with E-state index in [1.54, 1.807) is 7.11 Å². The molecular weight excluding hydrogens is 242 g/mol. The van der Waals surface area contributed by atoms with Crippen molar-refractivity contribution in [3.63, 3.8) is 0 Å². The molecule has 1 saturated heterocycles. The van der Waals surface area contributed by atoms with Crippen molar-refractivity contribution in [3.05, 3.63) is 29.3 Å². The van der Waals surface area contributed by atoms with Crippen LogP contribution in [0.3, 0.4) is 0 Å². The summed E-state index contributed by atoms with van der Waals surface area (Å²) < 4.78 is 5.38. The van der Waals surface area contributed by atoms with Crippen LogP contribution in [0.1, 0.15) is 36.9 Å². The van der Waals surface area contributed by atoms with Crippen molar-refractivity contribution >= 4 is 11.8 Å². The molecule has 1 heterocycles. The molecule has 0 saturated carbocycles. The molecule has 1 aliphatic heterocycles. The van der Waals surface area contributed by atoms with Crippen molar-refractivity contribution in [1.82, 2.24) is 5.32 Å². The molecule has 0 bridgehead atoms. The van der Waals surface area contributed by atoms with Crippen LogP contribution in [0.15, 0.2) is 18.2 Å². The molecule has 3 heteroatoms.